The predicted octanol–water partition coefficient (Wildman–Crippen LogP) is 17.0. The normalized spacial score (nSPS) is 11.5. The maximum Gasteiger partial charge on any atom is 0.274 e. The molecule has 18 nitrogen and oxygen atoms in total. The average molecular weight is 1280 g/mol. The van der Waals surface area contributed by atoms with E-state index >= 15 is 0 Å². The molecule has 18 heteroatoms. The Balaban J connectivity index is 0.879. The highest BCUT2D eigenvalue weighted by molar-refractivity contribution is 6.16. The number of hydrogen-bond acceptors (Lipinski definition) is 14. The number of methoxy groups -OCH3 is 2. The Hall–Kier alpha value is -11.4. The van der Waals surface area contributed by atoms with Crippen molar-refractivity contribution < 1.29 is 47.6 Å². The van der Waals surface area contributed by atoms with Crippen molar-refractivity contribution >= 4 is 112 Å². The lowest BCUT2D eigenvalue weighted by Crippen LogP contribution is -2.16. The maximum absolute atomic E-state index is 14.7. The molecule has 8 aromatic carbocycles. The van der Waals surface area contributed by atoms with Gasteiger partial charge in [0, 0.05) is 79.7 Å². The van der Waals surface area contributed by atoms with E-state index in [9.17, 15) is 19.2 Å². The molecule has 4 N–H and O–H groups in total. The van der Waals surface area contributed by atoms with Gasteiger partial charge in [-0.25, -0.2) is 19.9 Å². The molecule has 0 unspecified atom stereocenters. The first kappa shape index (κ1) is 64.7. The number of pyridine rings is 4. The van der Waals surface area contributed by atoms with Crippen LogP contribution in [0.5, 0.6) is 34.5 Å². The number of para-hydroxylation sites is 2. The highest BCUT2D eigenvalue weighted by atomic mass is 16.5. The van der Waals surface area contributed by atoms with Crippen molar-refractivity contribution in [3.8, 4) is 45.6 Å². The molecule has 0 spiro atoms. The van der Waals surface area contributed by atoms with Gasteiger partial charge in [0.25, 0.3) is 23.6 Å². The Morgan fingerprint density at radius 1 is 0.312 bits per heavy atom. The highest BCUT2D eigenvalue weighted by Crippen LogP contribution is 2.47. The number of rotatable bonds is 23. The molecule has 4 heterocycles. The first-order valence-corrected chi connectivity index (χ1v) is 32.1. The van der Waals surface area contributed by atoms with Gasteiger partial charge in [-0.15, -0.1) is 0 Å². The molecule has 4 amide bonds. The summed E-state index contributed by atoms with van der Waals surface area (Å²) in [6.45, 7) is 17.8. The molecule has 0 atom stereocenters. The van der Waals surface area contributed by atoms with E-state index in [2.05, 4.69) is 21.3 Å². The van der Waals surface area contributed by atoms with Crippen LogP contribution >= 0.6 is 0 Å². The lowest BCUT2D eigenvalue weighted by Gasteiger charge is -2.19. The third-order valence-electron chi connectivity index (χ3n) is 15.8. The molecule has 96 heavy (non-hydrogen) atoms. The molecule has 0 aliphatic rings. The summed E-state index contributed by atoms with van der Waals surface area (Å²) in [4.78, 5) is 77.0. The van der Waals surface area contributed by atoms with Gasteiger partial charge in [0.05, 0.1) is 40.6 Å². The van der Waals surface area contributed by atoms with Crippen LogP contribution in [0.2, 0.25) is 0 Å². The van der Waals surface area contributed by atoms with E-state index in [1.54, 1.807) is 62.8 Å². The Morgan fingerprint density at radius 3 is 0.854 bits per heavy atom. The van der Waals surface area contributed by atoms with Crippen LogP contribution in [0.25, 0.3) is 76.3 Å². The van der Waals surface area contributed by atoms with Crippen molar-refractivity contribution in [2.24, 2.45) is 23.7 Å². The van der Waals surface area contributed by atoms with Crippen molar-refractivity contribution in [2.45, 2.75) is 55.4 Å². The summed E-state index contributed by atoms with van der Waals surface area (Å²) in [6.07, 6.45) is 0. The molecule has 4 aromatic heterocycles. The summed E-state index contributed by atoms with van der Waals surface area (Å²) >= 11 is 0. The van der Waals surface area contributed by atoms with Gasteiger partial charge in [0.15, 0.2) is 0 Å². The zero-order chi connectivity index (χ0) is 67.3. The zero-order valence-corrected chi connectivity index (χ0v) is 55.2. The minimum atomic E-state index is -0.508. The Labute approximate surface area is 555 Å². The fourth-order valence-corrected chi connectivity index (χ4v) is 11.2. The number of anilines is 4. The maximum atomic E-state index is 14.7. The first-order valence-electron chi connectivity index (χ1n) is 32.1. The van der Waals surface area contributed by atoms with Crippen molar-refractivity contribution in [3.05, 3.63) is 193 Å². The molecule has 0 aliphatic carbocycles. The number of fused-ring (bicyclic) bond motifs is 8. The number of carbonyl (C=O) groups excluding carboxylic acids is 4. The van der Waals surface area contributed by atoms with E-state index in [-0.39, 0.29) is 46.4 Å². The van der Waals surface area contributed by atoms with Crippen molar-refractivity contribution in [3.63, 3.8) is 0 Å². The van der Waals surface area contributed by atoms with Gasteiger partial charge in [-0.3, -0.25) is 19.2 Å². The molecule has 12 rings (SSSR count). The predicted molar refractivity (Wildman–Crippen MR) is 380 cm³/mol. The average Bonchev–Trinajstić information content (AvgIpc) is 0.764. The van der Waals surface area contributed by atoms with Gasteiger partial charge in [-0.05, 0) is 130 Å². The number of benzene rings is 8. The van der Waals surface area contributed by atoms with Crippen LogP contribution in [0.4, 0.5) is 22.7 Å². The lowest BCUT2D eigenvalue weighted by molar-refractivity contribution is 0.101. The Bertz CT molecular complexity index is 4670. The molecule has 0 fully saturated rings. The number of hydrogen-bond donors (Lipinski definition) is 4. The number of nitrogens with one attached hydrogen (secondary N) is 4. The van der Waals surface area contributed by atoms with E-state index in [0.29, 0.717) is 127 Å². The number of ether oxygens (including phenoxy) is 6. The summed E-state index contributed by atoms with van der Waals surface area (Å²) in [7, 11) is 3.22. The summed E-state index contributed by atoms with van der Waals surface area (Å²) in [6, 6.07) is 51.2. The van der Waals surface area contributed by atoms with Crippen LogP contribution in [-0.2, 0) is 0 Å². The molecule has 0 saturated carbocycles. The zero-order valence-electron chi connectivity index (χ0n) is 55.2. The number of aromatic nitrogens is 4. The standard InChI is InChI=1S/C78H74N8O10/c1-43(2)39-93-65-35-59(75(87)79-49-17-13-11-14-18-49)83-71-55(65)27-29-57-67(95-41-45(5)6)37-61(85-73(57)71)77(89)81-51-23-25-53-47(33-51)21-31-63(91-9)69(53)70-54-26-24-52(34-48(54)22-32-64(70)92-10)82-78(90)62-38-68(96-42-46(7)8)58-30-28-56-66(94-40-44(3)4)36-60(84-72(56)74(58)86-62)76(88)80-50-19-15-12-16-20-50/h11-38,43-46H,39-42H2,1-10H3,(H,79,87)(H,80,88)(H,81,89)(H,82,90). The largest absolute Gasteiger partial charge is 0.496 e. The van der Waals surface area contributed by atoms with Gasteiger partial charge < -0.3 is 49.7 Å². The SMILES string of the molecule is COc1ccc2cc(NC(=O)c3cc(OCC(C)C)c4ccc5c(OCC(C)C)cc(C(=O)Nc6ccccc6)nc5c4n3)ccc2c1-c1c(OC)ccc2cc(NC(=O)c3cc(OCC(C)C)c4ccc5c(OCC(C)C)cc(C(=O)Nc6ccccc6)nc5c4n3)ccc12. The third-order valence-corrected chi connectivity index (χ3v) is 15.8. The second-order valence-electron chi connectivity index (χ2n) is 25.3. The summed E-state index contributed by atoms with van der Waals surface area (Å²) in [5, 5.41) is 17.7. The van der Waals surface area contributed by atoms with Crippen LogP contribution in [-0.4, -0.2) is 84.2 Å². The van der Waals surface area contributed by atoms with Crippen LogP contribution in [0.3, 0.4) is 0 Å². The smallest absolute Gasteiger partial charge is 0.274 e. The van der Waals surface area contributed by atoms with Crippen LogP contribution in [0, 0.1) is 23.7 Å². The second-order valence-corrected chi connectivity index (χ2v) is 25.3. The summed E-state index contributed by atoms with van der Waals surface area (Å²) in [5.74, 6) is 1.69. The van der Waals surface area contributed by atoms with Crippen molar-refractivity contribution in [1.29, 1.82) is 0 Å². The number of amides is 4. The van der Waals surface area contributed by atoms with Gasteiger partial charge in [0.2, 0.25) is 0 Å². The lowest BCUT2D eigenvalue weighted by atomic mass is 9.91. The molecule has 0 radical (unpaired) electrons. The molecule has 0 bridgehead atoms. The number of nitrogens with zero attached hydrogens (tertiary/aromatic N) is 4. The van der Waals surface area contributed by atoms with Crippen LogP contribution < -0.4 is 49.7 Å². The van der Waals surface area contributed by atoms with Gasteiger partial charge >= 0.3 is 0 Å². The molecule has 486 valence electrons. The Morgan fingerprint density at radius 2 is 0.583 bits per heavy atom. The minimum absolute atomic E-state index is 0.0628. The first-order chi connectivity index (χ1) is 46.4. The topological polar surface area (TPSA) is 223 Å². The van der Waals surface area contributed by atoms with E-state index < -0.39 is 23.6 Å². The monoisotopic (exact) mass is 1280 g/mol. The van der Waals surface area contributed by atoms with Gasteiger partial charge in [-0.2, -0.15) is 0 Å². The fraction of sp³-hybridized carbons (Fsp3) is 0.231. The minimum Gasteiger partial charge on any atom is -0.496 e. The Kier molecular flexibility index (Phi) is 18.9. The second kappa shape index (κ2) is 28.0. The molecule has 12 aromatic rings. The molecule has 0 aliphatic heterocycles. The highest BCUT2D eigenvalue weighted by Gasteiger charge is 2.26. The fourth-order valence-electron chi connectivity index (χ4n) is 11.2. The van der Waals surface area contributed by atoms with E-state index in [0.717, 1.165) is 32.7 Å². The third kappa shape index (κ3) is 13.9. The molecular formula is C78H74N8O10. The van der Waals surface area contributed by atoms with Crippen molar-refractivity contribution in [2.75, 3.05) is 61.9 Å². The van der Waals surface area contributed by atoms with E-state index in [1.165, 1.54) is 0 Å². The van der Waals surface area contributed by atoms with E-state index in [4.69, 9.17) is 48.4 Å². The van der Waals surface area contributed by atoms with Crippen molar-refractivity contribution in [1.82, 2.24) is 19.9 Å². The van der Waals surface area contributed by atoms with Gasteiger partial charge in [0.1, 0.15) is 79.3 Å². The summed E-state index contributed by atoms with van der Waals surface area (Å²) < 4.78 is 37.7. The molecular weight excluding hydrogens is 1210 g/mol. The molecule has 0 saturated heterocycles. The number of carbonyl (C=O) groups is 4. The van der Waals surface area contributed by atoms with Crippen LogP contribution in [0.15, 0.2) is 170 Å². The van der Waals surface area contributed by atoms with Crippen LogP contribution in [0.1, 0.15) is 97.3 Å². The summed E-state index contributed by atoms with van der Waals surface area (Å²) in [5.41, 5.74) is 5.44. The quantitative estimate of drug-likeness (QED) is 0.0438. The van der Waals surface area contributed by atoms with E-state index in [1.807, 2.05) is 177 Å². The van der Waals surface area contributed by atoms with Gasteiger partial charge in [-0.1, -0.05) is 116 Å².